The largest absolute Gasteiger partial charge is 0.497 e. The summed E-state index contributed by atoms with van der Waals surface area (Å²) in [6.07, 6.45) is 1.75. The van der Waals surface area contributed by atoms with Gasteiger partial charge in [-0.25, -0.2) is 4.98 Å². The van der Waals surface area contributed by atoms with Crippen molar-refractivity contribution >= 4 is 27.5 Å². The summed E-state index contributed by atoms with van der Waals surface area (Å²) in [4.78, 5) is 18.9. The van der Waals surface area contributed by atoms with Crippen LogP contribution in [0.4, 0.5) is 5.69 Å². The zero-order valence-electron chi connectivity index (χ0n) is 13.6. The van der Waals surface area contributed by atoms with Gasteiger partial charge in [0, 0.05) is 15.7 Å². The first-order valence-corrected chi connectivity index (χ1v) is 8.69. The molecule has 0 radical (unpaired) electrons. The molecule has 0 unspecified atom stereocenters. The molecule has 2 heterocycles. The van der Waals surface area contributed by atoms with Crippen molar-refractivity contribution in [2.24, 2.45) is 0 Å². The summed E-state index contributed by atoms with van der Waals surface area (Å²) in [7, 11) is 1.63. The number of halogens is 1. The summed E-state index contributed by atoms with van der Waals surface area (Å²) in [5, 5.41) is 0. The third-order valence-electron chi connectivity index (χ3n) is 4.36. The molecule has 0 atom stereocenters. The molecule has 1 aromatic heterocycles. The maximum absolute atomic E-state index is 12.5. The predicted molar refractivity (Wildman–Crippen MR) is 99.5 cm³/mol. The number of amides is 1. The molecule has 25 heavy (non-hydrogen) atoms. The molecule has 4 rings (SSSR count). The molecule has 6 heteroatoms. The van der Waals surface area contributed by atoms with Gasteiger partial charge in [-0.05, 0) is 36.4 Å². The Morgan fingerprint density at radius 1 is 1.04 bits per heavy atom. The van der Waals surface area contributed by atoms with E-state index in [1.54, 1.807) is 18.3 Å². The van der Waals surface area contributed by atoms with Crippen molar-refractivity contribution in [1.82, 2.24) is 9.55 Å². The topological polar surface area (TPSA) is 47.4 Å². The second-order valence-electron chi connectivity index (χ2n) is 5.85. The van der Waals surface area contributed by atoms with Crippen LogP contribution in [0.15, 0.2) is 59.3 Å². The maximum Gasteiger partial charge on any atom is 0.247 e. The van der Waals surface area contributed by atoms with Crippen LogP contribution in [0.5, 0.6) is 5.75 Å². The highest BCUT2D eigenvalue weighted by atomic mass is 79.9. The molecule has 126 valence electrons. The fourth-order valence-corrected chi connectivity index (χ4v) is 3.29. The molecular weight excluding hydrogens is 382 g/mol. The Balaban J connectivity index is 1.69. The highest BCUT2D eigenvalue weighted by molar-refractivity contribution is 9.10. The van der Waals surface area contributed by atoms with E-state index in [4.69, 9.17) is 4.74 Å². The van der Waals surface area contributed by atoms with Crippen molar-refractivity contribution in [2.75, 3.05) is 12.0 Å². The Bertz CT molecular complexity index is 917. The Kier molecular flexibility index (Phi) is 4.05. The fraction of sp³-hybridized carbons (Fsp3) is 0.158. The van der Waals surface area contributed by atoms with Crippen molar-refractivity contribution in [2.45, 2.75) is 13.1 Å². The molecule has 0 N–H and O–H groups in total. The van der Waals surface area contributed by atoms with Gasteiger partial charge < -0.3 is 14.2 Å². The molecule has 1 amide bonds. The molecule has 0 fully saturated rings. The summed E-state index contributed by atoms with van der Waals surface area (Å²) < 4.78 is 8.15. The molecule has 0 saturated carbocycles. The number of methoxy groups -OCH3 is 1. The number of aromatic nitrogens is 2. The van der Waals surface area contributed by atoms with Gasteiger partial charge in [0.25, 0.3) is 0 Å². The summed E-state index contributed by atoms with van der Waals surface area (Å²) in [5.74, 6) is 0.825. The lowest BCUT2D eigenvalue weighted by Gasteiger charge is -2.29. The van der Waals surface area contributed by atoms with Crippen LogP contribution in [0.3, 0.4) is 0 Å². The number of rotatable bonds is 3. The van der Waals surface area contributed by atoms with E-state index in [9.17, 15) is 4.79 Å². The molecule has 0 saturated heterocycles. The van der Waals surface area contributed by atoms with Gasteiger partial charge in [-0.3, -0.25) is 4.79 Å². The highest BCUT2D eigenvalue weighted by Gasteiger charge is 2.27. The molecule has 0 spiro atoms. The third kappa shape index (κ3) is 2.93. The first-order chi connectivity index (χ1) is 12.2. The molecule has 2 aromatic carbocycles. The van der Waals surface area contributed by atoms with E-state index < -0.39 is 0 Å². The number of carbonyl (C=O) groups is 1. The number of carbonyl (C=O) groups excluding carboxylic acids is 1. The predicted octanol–water partition coefficient (Wildman–Crippen LogP) is 3.87. The van der Waals surface area contributed by atoms with Crippen molar-refractivity contribution in [3.63, 3.8) is 0 Å². The second-order valence-corrected chi connectivity index (χ2v) is 6.77. The van der Waals surface area contributed by atoms with Crippen LogP contribution in [0.2, 0.25) is 0 Å². The number of fused-ring (bicyclic) bond motifs is 1. The van der Waals surface area contributed by atoms with Crippen LogP contribution in [0.1, 0.15) is 5.69 Å². The smallest absolute Gasteiger partial charge is 0.247 e. The number of anilines is 1. The molecule has 0 bridgehead atoms. The third-order valence-corrected chi connectivity index (χ3v) is 4.89. The van der Waals surface area contributed by atoms with Crippen LogP contribution in [0.25, 0.3) is 11.3 Å². The number of imidazole rings is 1. The summed E-state index contributed by atoms with van der Waals surface area (Å²) in [6.45, 7) is 0.793. The van der Waals surface area contributed by atoms with Gasteiger partial charge in [0.15, 0.2) is 0 Å². The van der Waals surface area contributed by atoms with E-state index in [2.05, 4.69) is 20.9 Å². The molecular formula is C19H16BrN3O2. The summed E-state index contributed by atoms with van der Waals surface area (Å²) in [5.41, 5.74) is 3.86. The minimum atomic E-state index is 0.0532. The van der Waals surface area contributed by atoms with Gasteiger partial charge in [0.05, 0.1) is 31.4 Å². The first-order valence-electron chi connectivity index (χ1n) is 7.90. The van der Waals surface area contributed by atoms with Crippen LogP contribution in [-0.4, -0.2) is 22.6 Å². The highest BCUT2D eigenvalue weighted by Crippen LogP contribution is 2.30. The maximum atomic E-state index is 12.5. The molecule has 1 aliphatic heterocycles. The Hall–Kier alpha value is -2.60. The Morgan fingerprint density at radius 2 is 1.76 bits per heavy atom. The lowest BCUT2D eigenvalue weighted by molar-refractivity contribution is -0.120. The fourth-order valence-electron chi connectivity index (χ4n) is 3.02. The van der Waals surface area contributed by atoms with Gasteiger partial charge in [-0.2, -0.15) is 0 Å². The monoisotopic (exact) mass is 397 g/mol. The van der Waals surface area contributed by atoms with Crippen LogP contribution in [0, 0.1) is 0 Å². The van der Waals surface area contributed by atoms with E-state index >= 15 is 0 Å². The Morgan fingerprint density at radius 3 is 2.44 bits per heavy atom. The number of hydrogen-bond acceptors (Lipinski definition) is 3. The zero-order valence-corrected chi connectivity index (χ0v) is 15.2. The average molecular weight is 398 g/mol. The van der Waals surface area contributed by atoms with E-state index in [0.717, 1.165) is 32.9 Å². The van der Waals surface area contributed by atoms with Crippen LogP contribution >= 0.6 is 15.9 Å². The van der Waals surface area contributed by atoms with Crippen molar-refractivity contribution in [3.05, 3.63) is 65.0 Å². The Labute approximate surface area is 154 Å². The number of benzene rings is 2. The number of hydrogen-bond donors (Lipinski definition) is 0. The van der Waals surface area contributed by atoms with Crippen LogP contribution < -0.4 is 9.64 Å². The second kappa shape index (κ2) is 6.37. The van der Waals surface area contributed by atoms with E-state index in [1.807, 2.05) is 53.1 Å². The molecule has 1 aliphatic rings. The van der Waals surface area contributed by atoms with Gasteiger partial charge in [-0.15, -0.1) is 0 Å². The zero-order chi connectivity index (χ0) is 17.4. The van der Waals surface area contributed by atoms with Gasteiger partial charge in [0.2, 0.25) is 5.91 Å². The molecule has 5 nitrogen and oxygen atoms in total. The number of ether oxygens (including phenoxy) is 1. The van der Waals surface area contributed by atoms with Gasteiger partial charge in [0.1, 0.15) is 12.3 Å². The molecule has 3 aromatic rings. The normalized spacial score (nSPS) is 13.7. The van der Waals surface area contributed by atoms with Gasteiger partial charge in [-0.1, -0.05) is 28.1 Å². The first kappa shape index (κ1) is 15.9. The van der Waals surface area contributed by atoms with Crippen LogP contribution in [-0.2, 0) is 17.9 Å². The van der Waals surface area contributed by atoms with Crippen molar-refractivity contribution in [1.29, 1.82) is 0 Å². The minimum Gasteiger partial charge on any atom is -0.497 e. The standard InChI is InChI=1S/C19H16BrN3O2/c1-25-16-8-6-15(7-9-16)23-10-17-19(13-2-4-14(20)5-3-13)21-12-22(17)11-18(23)24/h2-9,12H,10-11H2,1H3. The lowest BCUT2D eigenvalue weighted by atomic mass is 10.1. The lowest BCUT2D eigenvalue weighted by Crippen LogP contribution is -2.38. The summed E-state index contributed by atoms with van der Waals surface area (Å²) >= 11 is 3.45. The van der Waals surface area contributed by atoms with Gasteiger partial charge >= 0.3 is 0 Å². The number of nitrogens with zero attached hydrogens (tertiary/aromatic N) is 3. The van der Waals surface area contributed by atoms with E-state index in [1.165, 1.54) is 0 Å². The van der Waals surface area contributed by atoms with E-state index in [-0.39, 0.29) is 5.91 Å². The molecule has 0 aliphatic carbocycles. The summed E-state index contributed by atoms with van der Waals surface area (Å²) in [6, 6.07) is 15.6. The SMILES string of the molecule is COc1ccc(N2Cc3c(-c4ccc(Br)cc4)ncn3CC2=O)cc1. The average Bonchev–Trinajstić information content (AvgIpc) is 3.04. The van der Waals surface area contributed by atoms with Crippen molar-refractivity contribution < 1.29 is 9.53 Å². The quantitative estimate of drug-likeness (QED) is 0.673. The van der Waals surface area contributed by atoms with E-state index in [0.29, 0.717) is 13.1 Å². The minimum absolute atomic E-state index is 0.0532. The van der Waals surface area contributed by atoms with Crippen molar-refractivity contribution in [3.8, 4) is 17.0 Å².